The highest BCUT2D eigenvalue weighted by atomic mass is 35.5. The second-order valence-electron chi connectivity index (χ2n) is 8.15. The van der Waals surface area contributed by atoms with Crippen LogP contribution < -0.4 is 21.7 Å². The Labute approximate surface area is 217 Å². The SMILES string of the molecule is CC(C)c1ccc(NC(=O)CN(Cc2cn(CC(N)=O)cn2)c2cccc(C(=N)N)c2)cc1.Cl.Cl. The Morgan fingerprint density at radius 1 is 1.11 bits per heavy atom. The zero-order chi connectivity index (χ0) is 24.0. The first-order chi connectivity index (χ1) is 15.7. The highest BCUT2D eigenvalue weighted by molar-refractivity contribution is 5.97. The average molecular weight is 520 g/mol. The Bertz CT molecular complexity index is 1150. The number of primary amides is 1. The fraction of sp³-hybridized carbons (Fsp3) is 0.250. The van der Waals surface area contributed by atoms with Crippen LogP contribution in [0.3, 0.4) is 0 Å². The molecule has 0 atom stereocenters. The lowest BCUT2D eigenvalue weighted by atomic mass is 10.0. The maximum Gasteiger partial charge on any atom is 0.243 e. The minimum Gasteiger partial charge on any atom is -0.384 e. The molecule has 0 aliphatic heterocycles. The van der Waals surface area contributed by atoms with Gasteiger partial charge in [0.05, 0.1) is 25.1 Å². The first-order valence-corrected chi connectivity index (χ1v) is 10.6. The van der Waals surface area contributed by atoms with E-state index in [-0.39, 0.29) is 49.6 Å². The minimum absolute atomic E-state index is 0. The van der Waals surface area contributed by atoms with E-state index in [1.807, 2.05) is 35.2 Å². The number of amides is 2. The Hall–Kier alpha value is -3.56. The first-order valence-electron chi connectivity index (χ1n) is 10.6. The molecule has 0 saturated heterocycles. The number of benzene rings is 2. The fourth-order valence-corrected chi connectivity index (χ4v) is 3.38. The summed E-state index contributed by atoms with van der Waals surface area (Å²) in [4.78, 5) is 30.2. The molecule has 1 heterocycles. The molecular weight excluding hydrogens is 489 g/mol. The fourth-order valence-electron chi connectivity index (χ4n) is 3.38. The molecule has 0 saturated carbocycles. The van der Waals surface area contributed by atoms with Gasteiger partial charge in [-0.1, -0.05) is 38.1 Å². The third-order valence-electron chi connectivity index (χ3n) is 5.10. The van der Waals surface area contributed by atoms with E-state index in [0.29, 0.717) is 29.4 Å². The Kier molecular flexibility index (Phi) is 11.2. The van der Waals surface area contributed by atoms with E-state index < -0.39 is 5.91 Å². The molecule has 0 aliphatic rings. The van der Waals surface area contributed by atoms with E-state index in [9.17, 15) is 9.59 Å². The molecule has 2 aromatic carbocycles. The summed E-state index contributed by atoms with van der Waals surface area (Å²) >= 11 is 0. The molecule has 9 nitrogen and oxygen atoms in total. The van der Waals surface area contributed by atoms with Crippen LogP contribution in [-0.4, -0.2) is 33.7 Å². The number of carbonyl (C=O) groups excluding carboxylic acids is 2. The molecule has 6 N–H and O–H groups in total. The van der Waals surface area contributed by atoms with Gasteiger partial charge in [0, 0.05) is 23.1 Å². The van der Waals surface area contributed by atoms with Gasteiger partial charge < -0.3 is 26.3 Å². The van der Waals surface area contributed by atoms with Crippen molar-refractivity contribution in [2.75, 3.05) is 16.8 Å². The van der Waals surface area contributed by atoms with E-state index in [0.717, 1.165) is 5.69 Å². The zero-order valence-electron chi connectivity index (χ0n) is 19.6. The van der Waals surface area contributed by atoms with E-state index in [1.165, 1.54) is 11.9 Å². The number of nitrogen functional groups attached to an aromatic ring is 1. The van der Waals surface area contributed by atoms with Gasteiger partial charge in [0.1, 0.15) is 12.4 Å². The van der Waals surface area contributed by atoms with Crippen LogP contribution in [0.5, 0.6) is 0 Å². The molecule has 1 aromatic heterocycles. The van der Waals surface area contributed by atoms with E-state index in [2.05, 4.69) is 24.1 Å². The van der Waals surface area contributed by atoms with Crippen molar-refractivity contribution in [2.24, 2.45) is 11.5 Å². The number of aromatic nitrogens is 2. The van der Waals surface area contributed by atoms with Crippen LogP contribution in [0.2, 0.25) is 0 Å². The third kappa shape index (κ3) is 8.62. The molecule has 11 heteroatoms. The largest absolute Gasteiger partial charge is 0.384 e. The van der Waals surface area contributed by atoms with Crippen LogP contribution in [0.15, 0.2) is 61.1 Å². The summed E-state index contributed by atoms with van der Waals surface area (Å²) in [7, 11) is 0. The van der Waals surface area contributed by atoms with Gasteiger partial charge >= 0.3 is 0 Å². The molecule has 3 rings (SSSR count). The third-order valence-corrected chi connectivity index (χ3v) is 5.10. The number of nitrogens with zero attached hydrogens (tertiary/aromatic N) is 3. The van der Waals surface area contributed by atoms with Gasteiger partial charge in [0.15, 0.2) is 0 Å². The molecule has 188 valence electrons. The molecule has 0 radical (unpaired) electrons. The second-order valence-corrected chi connectivity index (χ2v) is 8.15. The van der Waals surface area contributed by atoms with Crippen molar-refractivity contribution < 1.29 is 9.59 Å². The average Bonchev–Trinajstić information content (AvgIpc) is 3.19. The van der Waals surface area contributed by atoms with E-state index in [4.69, 9.17) is 16.9 Å². The molecule has 0 fully saturated rings. The number of halogens is 2. The summed E-state index contributed by atoms with van der Waals surface area (Å²) in [5.41, 5.74) is 14.8. The van der Waals surface area contributed by atoms with Crippen molar-refractivity contribution in [1.82, 2.24) is 9.55 Å². The highest BCUT2D eigenvalue weighted by Crippen LogP contribution is 2.20. The summed E-state index contributed by atoms with van der Waals surface area (Å²) in [6.45, 7) is 4.62. The van der Waals surface area contributed by atoms with Crippen LogP contribution >= 0.6 is 24.8 Å². The molecule has 3 aromatic rings. The van der Waals surface area contributed by atoms with Crippen molar-refractivity contribution in [2.45, 2.75) is 32.9 Å². The summed E-state index contributed by atoms with van der Waals surface area (Å²) < 4.78 is 1.60. The Balaban J connectivity index is 0.00000306. The lowest BCUT2D eigenvalue weighted by Crippen LogP contribution is -2.33. The molecule has 35 heavy (non-hydrogen) atoms. The number of imidazole rings is 1. The van der Waals surface area contributed by atoms with Gasteiger partial charge in [-0.05, 0) is 35.7 Å². The predicted octanol–water partition coefficient (Wildman–Crippen LogP) is 3.26. The van der Waals surface area contributed by atoms with Crippen LogP contribution in [0, 0.1) is 5.41 Å². The standard InChI is InChI=1S/C24H29N7O2.2ClH/c1-16(2)17-6-8-19(9-7-17)29-23(33)14-31(21-5-3-4-18(10-21)24(26)27)12-20-11-30(15-28-20)13-22(25)32;;/h3-11,15-16H,12-14H2,1-2H3,(H2,25,32)(H3,26,27)(H,29,33);2*1H. The van der Waals surface area contributed by atoms with Gasteiger partial charge in [-0.2, -0.15) is 0 Å². The van der Waals surface area contributed by atoms with Crippen LogP contribution in [0.1, 0.15) is 36.6 Å². The second kappa shape index (κ2) is 13.4. The normalized spacial score (nSPS) is 10.1. The number of carbonyl (C=O) groups is 2. The summed E-state index contributed by atoms with van der Waals surface area (Å²) in [5.74, 6) is -0.310. The molecule has 0 aliphatic carbocycles. The van der Waals surface area contributed by atoms with E-state index >= 15 is 0 Å². The van der Waals surface area contributed by atoms with Gasteiger partial charge in [-0.15, -0.1) is 24.8 Å². The van der Waals surface area contributed by atoms with Crippen LogP contribution in [-0.2, 0) is 22.7 Å². The summed E-state index contributed by atoms with van der Waals surface area (Å²) in [6, 6.07) is 14.9. The highest BCUT2D eigenvalue weighted by Gasteiger charge is 2.16. The smallest absolute Gasteiger partial charge is 0.243 e. The van der Waals surface area contributed by atoms with Crippen molar-refractivity contribution in [3.63, 3.8) is 0 Å². The number of rotatable bonds is 10. The molecular formula is C24H31Cl2N7O2. The molecule has 0 spiro atoms. The molecule has 2 amide bonds. The van der Waals surface area contributed by atoms with Gasteiger partial charge in [0.25, 0.3) is 0 Å². The van der Waals surface area contributed by atoms with Crippen molar-refractivity contribution in [1.29, 1.82) is 5.41 Å². The number of nitrogens with one attached hydrogen (secondary N) is 2. The first kappa shape index (κ1) is 29.5. The monoisotopic (exact) mass is 519 g/mol. The van der Waals surface area contributed by atoms with E-state index in [1.54, 1.807) is 29.0 Å². The van der Waals surface area contributed by atoms with Gasteiger partial charge in [-0.3, -0.25) is 15.0 Å². The van der Waals surface area contributed by atoms with Gasteiger partial charge in [0.2, 0.25) is 11.8 Å². The quantitative estimate of drug-likeness (QED) is 0.240. The number of anilines is 2. The molecule has 0 unspecified atom stereocenters. The predicted molar refractivity (Wildman–Crippen MR) is 144 cm³/mol. The number of hydrogen-bond acceptors (Lipinski definition) is 5. The zero-order valence-corrected chi connectivity index (χ0v) is 21.2. The lowest BCUT2D eigenvalue weighted by molar-refractivity contribution is -0.118. The number of hydrogen-bond donors (Lipinski definition) is 4. The van der Waals surface area contributed by atoms with Crippen molar-refractivity contribution in [3.05, 3.63) is 77.9 Å². The van der Waals surface area contributed by atoms with Crippen molar-refractivity contribution in [3.8, 4) is 0 Å². The Morgan fingerprint density at radius 3 is 2.40 bits per heavy atom. The maximum absolute atomic E-state index is 12.9. The summed E-state index contributed by atoms with van der Waals surface area (Å²) in [6.07, 6.45) is 3.25. The lowest BCUT2D eigenvalue weighted by Gasteiger charge is -2.24. The van der Waals surface area contributed by atoms with Crippen LogP contribution in [0.4, 0.5) is 11.4 Å². The molecule has 0 bridgehead atoms. The Morgan fingerprint density at radius 2 is 1.80 bits per heavy atom. The summed E-state index contributed by atoms with van der Waals surface area (Å²) in [5, 5.41) is 10.6. The number of nitrogens with two attached hydrogens (primary N) is 2. The number of amidine groups is 1. The van der Waals surface area contributed by atoms with Crippen LogP contribution in [0.25, 0.3) is 0 Å². The maximum atomic E-state index is 12.9. The minimum atomic E-state index is -0.465. The van der Waals surface area contributed by atoms with Gasteiger partial charge in [-0.25, -0.2) is 4.98 Å². The topological polar surface area (TPSA) is 143 Å². The van der Waals surface area contributed by atoms with Crippen molar-refractivity contribution >= 4 is 53.8 Å².